The van der Waals surface area contributed by atoms with Gasteiger partial charge in [0, 0.05) is 6.54 Å². The van der Waals surface area contributed by atoms with Crippen molar-refractivity contribution in [1.82, 2.24) is 9.78 Å². The lowest BCUT2D eigenvalue weighted by Gasteiger charge is -2.06. The van der Waals surface area contributed by atoms with Gasteiger partial charge in [-0.05, 0) is 37.6 Å². The SMILES string of the molecule is CCOC(=O)c1cnn(CC)c1/C=C/c1ccc(C(F)(F)F)cc1. The van der Waals surface area contributed by atoms with E-state index in [-0.39, 0.29) is 6.61 Å². The maximum atomic E-state index is 12.6. The van der Waals surface area contributed by atoms with Crippen LogP contribution in [-0.4, -0.2) is 22.4 Å². The molecule has 0 unspecified atom stereocenters. The average molecular weight is 338 g/mol. The number of aryl methyl sites for hydroxylation is 1. The maximum Gasteiger partial charge on any atom is 0.416 e. The highest BCUT2D eigenvalue weighted by molar-refractivity contribution is 5.93. The first-order chi connectivity index (χ1) is 11.4. The van der Waals surface area contributed by atoms with Crippen LogP contribution in [0.1, 0.15) is 41.0 Å². The summed E-state index contributed by atoms with van der Waals surface area (Å²) in [4.78, 5) is 11.9. The van der Waals surface area contributed by atoms with Crippen molar-refractivity contribution in [1.29, 1.82) is 0 Å². The molecule has 0 aliphatic rings. The summed E-state index contributed by atoms with van der Waals surface area (Å²) in [5, 5.41) is 4.11. The minimum absolute atomic E-state index is 0.248. The van der Waals surface area contributed by atoms with E-state index in [1.807, 2.05) is 6.92 Å². The van der Waals surface area contributed by atoms with Gasteiger partial charge in [-0.15, -0.1) is 0 Å². The molecule has 1 heterocycles. The summed E-state index contributed by atoms with van der Waals surface area (Å²) in [5.74, 6) is -0.482. The van der Waals surface area contributed by atoms with Crippen LogP contribution in [0.15, 0.2) is 30.5 Å². The number of halogens is 3. The van der Waals surface area contributed by atoms with Crippen molar-refractivity contribution < 1.29 is 22.7 Å². The molecule has 128 valence electrons. The lowest BCUT2D eigenvalue weighted by Crippen LogP contribution is -2.07. The third-order valence-corrected chi connectivity index (χ3v) is 3.35. The first-order valence-corrected chi connectivity index (χ1v) is 7.45. The van der Waals surface area contributed by atoms with E-state index in [2.05, 4.69) is 5.10 Å². The molecule has 0 aliphatic carbocycles. The van der Waals surface area contributed by atoms with E-state index in [9.17, 15) is 18.0 Å². The molecule has 24 heavy (non-hydrogen) atoms. The molecule has 0 aliphatic heterocycles. The molecule has 1 aromatic heterocycles. The van der Waals surface area contributed by atoms with Gasteiger partial charge in [-0.1, -0.05) is 18.2 Å². The zero-order chi connectivity index (χ0) is 17.7. The number of hydrogen-bond acceptors (Lipinski definition) is 3. The topological polar surface area (TPSA) is 44.1 Å². The Morgan fingerprint density at radius 1 is 1.21 bits per heavy atom. The molecule has 0 amide bonds. The van der Waals surface area contributed by atoms with Crippen molar-refractivity contribution in [2.75, 3.05) is 6.61 Å². The van der Waals surface area contributed by atoms with Gasteiger partial charge in [0.25, 0.3) is 0 Å². The highest BCUT2D eigenvalue weighted by atomic mass is 19.4. The Morgan fingerprint density at radius 2 is 1.88 bits per heavy atom. The Balaban J connectivity index is 2.28. The number of carbonyl (C=O) groups excluding carboxylic acids is 1. The predicted octanol–water partition coefficient (Wildman–Crippen LogP) is 4.27. The van der Waals surface area contributed by atoms with Crippen LogP contribution in [0.25, 0.3) is 12.2 Å². The molecule has 0 saturated carbocycles. The first kappa shape index (κ1) is 17.8. The molecule has 7 heteroatoms. The largest absolute Gasteiger partial charge is 0.462 e. The Labute approximate surface area is 137 Å². The van der Waals surface area contributed by atoms with Crippen molar-refractivity contribution in [2.45, 2.75) is 26.6 Å². The van der Waals surface area contributed by atoms with E-state index in [0.717, 1.165) is 12.1 Å². The summed E-state index contributed by atoms with van der Waals surface area (Å²) < 4.78 is 44.3. The van der Waals surface area contributed by atoms with E-state index in [1.54, 1.807) is 23.8 Å². The van der Waals surface area contributed by atoms with Crippen LogP contribution >= 0.6 is 0 Å². The molecule has 0 radical (unpaired) electrons. The van der Waals surface area contributed by atoms with Gasteiger partial charge in [-0.2, -0.15) is 18.3 Å². The van der Waals surface area contributed by atoms with Crippen molar-refractivity contribution in [3.8, 4) is 0 Å². The van der Waals surface area contributed by atoms with Gasteiger partial charge in [0.05, 0.1) is 24.1 Å². The number of alkyl halides is 3. The van der Waals surface area contributed by atoms with Crippen LogP contribution < -0.4 is 0 Å². The highest BCUT2D eigenvalue weighted by Gasteiger charge is 2.29. The van der Waals surface area contributed by atoms with Crippen molar-refractivity contribution in [3.63, 3.8) is 0 Å². The molecular weight excluding hydrogens is 321 g/mol. The van der Waals surface area contributed by atoms with Crippen LogP contribution in [0, 0.1) is 0 Å². The van der Waals surface area contributed by atoms with Crippen molar-refractivity contribution in [2.24, 2.45) is 0 Å². The molecule has 1 aromatic carbocycles. The van der Waals surface area contributed by atoms with Gasteiger partial charge in [-0.3, -0.25) is 4.68 Å². The molecule has 0 saturated heterocycles. The zero-order valence-corrected chi connectivity index (χ0v) is 13.3. The lowest BCUT2D eigenvalue weighted by atomic mass is 10.1. The second-order valence-corrected chi connectivity index (χ2v) is 4.93. The van der Waals surface area contributed by atoms with Gasteiger partial charge in [-0.25, -0.2) is 4.79 Å². The van der Waals surface area contributed by atoms with Gasteiger partial charge in [0.2, 0.25) is 0 Å². The molecule has 4 nitrogen and oxygen atoms in total. The fraction of sp³-hybridized carbons (Fsp3) is 0.294. The molecular formula is C17H17F3N2O2. The molecule has 0 bridgehead atoms. The monoisotopic (exact) mass is 338 g/mol. The van der Waals surface area contributed by atoms with Crippen molar-refractivity contribution >= 4 is 18.1 Å². The van der Waals surface area contributed by atoms with E-state index >= 15 is 0 Å². The molecule has 2 aromatic rings. The number of carbonyl (C=O) groups is 1. The summed E-state index contributed by atoms with van der Waals surface area (Å²) in [5.41, 5.74) is 0.754. The fourth-order valence-corrected chi connectivity index (χ4v) is 2.15. The minimum atomic E-state index is -4.36. The lowest BCUT2D eigenvalue weighted by molar-refractivity contribution is -0.137. The minimum Gasteiger partial charge on any atom is -0.462 e. The smallest absolute Gasteiger partial charge is 0.416 e. The third kappa shape index (κ3) is 4.04. The molecule has 0 atom stereocenters. The summed E-state index contributed by atoms with van der Waals surface area (Å²) in [7, 11) is 0. The van der Waals surface area contributed by atoms with E-state index in [1.165, 1.54) is 18.3 Å². The second kappa shape index (κ2) is 7.33. The first-order valence-electron chi connectivity index (χ1n) is 7.45. The molecule has 2 rings (SSSR count). The third-order valence-electron chi connectivity index (χ3n) is 3.35. The Bertz CT molecular complexity index is 731. The van der Waals surface area contributed by atoms with E-state index < -0.39 is 17.7 Å². The predicted molar refractivity (Wildman–Crippen MR) is 84.2 cm³/mol. The van der Waals surface area contributed by atoms with E-state index in [4.69, 9.17) is 4.74 Å². The summed E-state index contributed by atoms with van der Waals surface area (Å²) in [6, 6.07) is 4.78. The number of ether oxygens (including phenoxy) is 1. The zero-order valence-electron chi connectivity index (χ0n) is 13.3. The van der Waals surface area contributed by atoms with Gasteiger partial charge in [0.15, 0.2) is 0 Å². The summed E-state index contributed by atoms with van der Waals surface area (Å²) in [6.07, 6.45) is 0.339. The maximum absolute atomic E-state index is 12.6. The molecule has 0 N–H and O–H groups in total. The summed E-state index contributed by atoms with van der Waals surface area (Å²) in [6.45, 7) is 4.38. The molecule has 0 spiro atoms. The number of nitrogens with zero attached hydrogens (tertiary/aromatic N) is 2. The normalized spacial score (nSPS) is 11.9. The van der Waals surface area contributed by atoms with E-state index in [0.29, 0.717) is 23.4 Å². The number of esters is 1. The number of hydrogen-bond donors (Lipinski definition) is 0. The number of aromatic nitrogens is 2. The van der Waals surface area contributed by atoms with Crippen LogP contribution in [-0.2, 0) is 17.5 Å². The number of benzene rings is 1. The summed E-state index contributed by atoms with van der Waals surface area (Å²) >= 11 is 0. The van der Waals surface area contributed by atoms with Crippen LogP contribution in [0.3, 0.4) is 0 Å². The van der Waals surface area contributed by atoms with Crippen molar-refractivity contribution in [3.05, 3.63) is 52.8 Å². The number of rotatable bonds is 5. The highest BCUT2D eigenvalue weighted by Crippen LogP contribution is 2.29. The van der Waals surface area contributed by atoms with Gasteiger partial charge >= 0.3 is 12.1 Å². The quantitative estimate of drug-likeness (QED) is 0.765. The van der Waals surface area contributed by atoms with Crippen LogP contribution in [0.2, 0.25) is 0 Å². The Kier molecular flexibility index (Phi) is 5.43. The Hall–Kier alpha value is -2.57. The molecule has 0 fully saturated rings. The van der Waals surface area contributed by atoms with Gasteiger partial charge < -0.3 is 4.74 Å². The second-order valence-electron chi connectivity index (χ2n) is 4.93. The standard InChI is InChI=1S/C17H17F3N2O2/c1-3-22-15(14(11-21-22)16(23)24-4-2)10-7-12-5-8-13(9-6-12)17(18,19)20/h5-11H,3-4H2,1-2H3/b10-7+. The fourth-order valence-electron chi connectivity index (χ4n) is 2.15. The van der Waals surface area contributed by atoms with Crippen LogP contribution in [0.5, 0.6) is 0 Å². The Morgan fingerprint density at radius 3 is 2.42 bits per heavy atom. The van der Waals surface area contributed by atoms with Gasteiger partial charge in [0.1, 0.15) is 5.56 Å². The average Bonchev–Trinajstić information content (AvgIpc) is 2.95. The van der Waals surface area contributed by atoms with Crippen LogP contribution in [0.4, 0.5) is 13.2 Å².